The molecule has 0 atom stereocenters. The molecule has 0 saturated heterocycles. The first-order valence-corrected chi connectivity index (χ1v) is 6.07. The van der Waals surface area contributed by atoms with E-state index in [4.69, 9.17) is 0 Å². The topological polar surface area (TPSA) is 29.9 Å². The summed E-state index contributed by atoms with van der Waals surface area (Å²) in [4.78, 5) is 0. The predicted molar refractivity (Wildman–Crippen MR) is 59.5 cm³/mol. The van der Waals surface area contributed by atoms with Gasteiger partial charge in [0.1, 0.15) is 0 Å². The van der Waals surface area contributed by atoms with Crippen LogP contribution >= 0.6 is 0 Å². The molecule has 1 N–H and O–H groups in total. The van der Waals surface area contributed by atoms with Crippen molar-refractivity contribution in [2.24, 2.45) is 11.3 Å². The Labute approximate surface area is 90.9 Å². The van der Waals surface area contributed by atoms with E-state index in [-0.39, 0.29) is 0 Å². The maximum absolute atomic E-state index is 4.19. The second-order valence-corrected chi connectivity index (χ2v) is 5.08. The van der Waals surface area contributed by atoms with Gasteiger partial charge in [-0.3, -0.25) is 4.68 Å². The molecule has 3 rings (SSSR count). The monoisotopic (exact) mass is 205 g/mol. The summed E-state index contributed by atoms with van der Waals surface area (Å²) < 4.78 is 1.99. The van der Waals surface area contributed by atoms with E-state index in [9.17, 15) is 0 Å². The Morgan fingerprint density at radius 3 is 2.87 bits per heavy atom. The summed E-state index contributed by atoms with van der Waals surface area (Å²) in [6, 6.07) is 1.98. The highest BCUT2D eigenvalue weighted by Crippen LogP contribution is 2.60. The molecule has 1 aromatic heterocycles. The minimum Gasteiger partial charge on any atom is -0.314 e. The zero-order valence-electron chi connectivity index (χ0n) is 9.15. The third-order valence-electron chi connectivity index (χ3n) is 3.89. The van der Waals surface area contributed by atoms with Gasteiger partial charge >= 0.3 is 0 Å². The standard InChI is InChI=1S/C12H19N3/c1-6-14-15(8-1)9-7-13-10-12(4-5-12)11-2-3-11/h1,6,8,11,13H,2-5,7,9-10H2. The first-order valence-electron chi connectivity index (χ1n) is 6.07. The van der Waals surface area contributed by atoms with Crippen LogP contribution in [-0.2, 0) is 6.54 Å². The van der Waals surface area contributed by atoms with Crippen LogP contribution in [0.2, 0.25) is 0 Å². The summed E-state index contributed by atoms with van der Waals surface area (Å²) in [5.41, 5.74) is 0.726. The van der Waals surface area contributed by atoms with Crippen molar-refractivity contribution in [3.63, 3.8) is 0 Å². The van der Waals surface area contributed by atoms with Crippen LogP contribution in [0.15, 0.2) is 18.5 Å². The molecule has 0 amide bonds. The zero-order chi connectivity index (χ0) is 10.1. The van der Waals surface area contributed by atoms with Gasteiger partial charge in [0.15, 0.2) is 0 Å². The van der Waals surface area contributed by atoms with Gasteiger partial charge in [0.05, 0.1) is 6.54 Å². The lowest BCUT2D eigenvalue weighted by atomic mass is 10.0. The molecule has 3 heteroatoms. The summed E-state index contributed by atoms with van der Waals surface area (Å²) in [6.45, 7) is 3.28. The summed E-state index contributed by atoms with van der Waals surface area (Å²) in [6.07, 6.45) is 9.77. The summed E-state index contributed by atoms with van der Waals surface area (Å²) in [5.74, 6) is 1.06. The highest BCUT2D eigenvalue weighted by atomic mass is 15.3. The molecule has 1 heterocycles. The van der Waals surface area contributed by atoms with E-state index >= 15 is 0 Å². The molecule has 0 radical (unpaired) electrons. The molecule has 2 aliphatic rings. The van der Waals surface area contributed by atoms with Crippen molar-refractivity contribution in [3.8, 4) is 0 Å². The normalized spacial score (nSPS) is 22.9. The first kappa shape index (κ1) is 9.40. The van der Waals surface area contributed by atoms with Gasteiger partial charge in [-0.1, -0.05) is 0 Å². The van der Waals surface area contributed by atoms with Crippen LogP contribution < -0.4 is 5.32 Å². The van der Waals surface area contributed by atoms with E-state index in [0.29, 0.717) is 0 Å². The molecular formula is C12H19N3. The molecule has 0 spiro atoms. The molecule has 82 valence electrons. The van der Waals surface area contributed by atoms with E-state index in [1.165, 1.54) is 32.2 Å². The predicted octanol–water partition coefficient (Wildman–Crippen LogP) is 1.66. The lowest BCUT2D eigenvalue weighted by Crippen LogP contribution is -2.28. The Morgan fingerprint density at radius 1 is 1.40 bits per heavy atom. The van der Waals surface area contributed by atoms with Crippen molar-refractivity contribution in [2.45, 2.75) is 32.2 Å². The van der Waals surface area contributed by atoms with Crippen molar-refractivity contribution in [2.75, 3.05) is 13.1 Å². The zero-order valence-corrected chi connectivity index (χ0v) is 9.15. The maximum Gasteiger partial charge on any atom is 0.0533 e. The minimum absolute atomic E-state index is 0.726. The van der Waals surface area contributed by atoms with Crippen molar-refractivity contribution >= 4 is 0 Å². The fourth-order valence-electron chi connectivity index (χ4n) is 2.55. The molecule has 15 heavy (non-hydrogen) atoms. The van der Waals surface area contributed by atoms with Crippen LogP contribution in [0.1, 0.15) is 25.7 Å². The van der Waals surface area contributed by atoms with Gasteiger partial charge in [-0.05, 0) is 43.1 Å². The Morgan fingerprint density at radius 2 is 2.27 bits per heavy atom. The fraction of sp³-hybridized carbons (Fsp3) is 0.750. The Balaban J connectivity index is 1.37. The molecule has 2 saturated carbocycles. The molecule has 0 unspecified atom stereocenters. The quantitative estimate of drug-likeness (QED) is 0.716. The average molecular weight is 205 g/mol. The summed E-state index contributed by atoms with van der Waals surface area (Å²) in [5, 5.41) is 7.78. The van der Waals surface area contributed by atoms with E-state index in [0.717, 1.165) is 24.4 Å². The van der Waals surface area contributed by atoms with Gasteiger partial charge in [0, 0.05) is 25.5 Å². The third kappa shape index (κ3) is 2.07. The van der Waals surface area contributed by atoms with Crippen LogP contribution in [-0.4, -0.2) is 22.9 Å². The SMILES string of the molecule is c1cnn(CCNCC2(C3CC3)CC2)c1. The molecule has 0 aromatic carbocycles. The van der Waals surface area contributed by atoms with E-state index in [1.807, 2.05) is 23.1 Å². The number of nitrogens with zero attached hydrogens (tertiary/aromatic N) is 2. The second kappa shape index (κ2) is 3.63. The van der Waals surface area contributed by atoms with Gasteiger partial charge in [0.2, 0.25) is 0 Å². The third-order valence-corrected chi connectivity index (χ3v) is 3.89. The number of rotatable bonds is 6. The minimum atomic E-state index is 0.726. The van der Waals surface area contributed by atoms with Gasteiger partial charge < -0.3 is 5.32 Å². The van der Waals surface area contributed by atoms with Gasteiger partial charge in [-0.2, -0.15) is 5.10 Å². The van der Waals surface area contributed by atoms with Crippen molar-refractivity contribution in [3.05, 3.63) is 18.5 Å². The maximum atomic E-state index is 4.19. The molecule has 3 nitrogen and oxygen atoms in total. The van der Waals surface area contributed by atoms with Gasteiger partial charge in [-0.15, -0.1) is 0 Å². The van der Waals surface area contributed by atoms with Crippen LogP contribution in [0.5, 0.6) is 0 Å². The Bertz CT molecular complexity index is 310. The molecule has 2 fully saturated rings. The van der Waals surface area contributed by atoms with Crippen molar-refractivity contribution in [1.29, 1.82) is 0 Å². The van der Waals surface area contributed by atoms with Gasteiger partial charge in [0.25, 0.3) is 0 Å². The van der Waals surface area contributed by atoms with Crippen molar-refractivity contribution < 1.29 is 0 Å². The Kier molecular flexibility index (Phi) is 2.28. The lowest BCUT2D eigenvalue weighted by Gasteiger charge is -2.14. The van der Waals surface area contributed by atoms with Crippen LogP contribution in [0, 0.1) is 11.3 Å². The Hall–Kier alpha value is -0.830. The van der Waals surface area contributed by atoms with E-state index < -0.39 is 0 Å². The van der Waals surface area contributed by atoms with E-state index in [2.05, 4.69) is 10.4 Å². The van der Waals surface area contributed by atoms with Crippen LogP contribution in [0.4, 0.5) is 0 Å². The number of aromatic nitrogens is 2. The van der Waals surface area contributed by atoms with Gasteiger partial charge in [-0.25, -0.2) is 0 Å². The van der Waals surface area contributed by atoms with Crippen molar-refractivity contribution in [1.82, 2.24) is 15.1 Å². The second-order valence-electron chi connectivity index (χ2n) is 5.08. The molecule has 2 aliphatic carbocycles. The lowest BCUT2D eigenvalue weighted by molar-refractivity contribution is 0.396. The fourth-order valence-corrected chi connectivity index (χ4v) is 2.55. The van der Waals surface area contributed by atoms with Crippen LogP contribution in [0.3, 0.4) is 0 Å². The molecule has 0 aliphatic heterocycles. The molecule has 0 bridgehead atoms. The largest absolute Gasteiger partial charge is 0.314 e. The molecular weight excluding hydrogens is 186 g/mol. The van der Waals surface area contributed by atoms with E-state index in [1.54, 1.807) is 0 Å². The molecule has 1 aromatic rings. The first-order chi connectivity index (χ1) is 7.39. The summed E-state index contributed by atoms with van der Waals surface area (Å²) in [7, 11) is 0. The van der Waals surface area contributed by atoms with Crippen LogP contribution in [0.25, 0.3) is 0 Å². The number of hydrogen-bond donors (Lipinski definition) is 1. The highest BCUT2D eigenvalue weighted by Gasteiger charge is 2.52. The average Bonchev–Trinajstić information content (AvgIpc) is 3.13. The highest BCUT2D eigenvalue weighted by molar-refractivity contribution is 5.04. The number of hydrogen-bond acceptors (Lipinski definition) is 2. The summed E-state index contributed by atoms with van der Waals surface area (Å²) >= 11 is 0. The smallest absolute Gasteiger partial charge is 0.0533 e. The number of nitrogens with one attached hydrogen (secondary N) is 1.